The van der Waals surface area contributed by atoms with E-state index < -0.39 is 0 Å². The first-order chi connectivity index (χ1) is 6.50. The highest BCUT2D eigenvalue weighted by Crippen LogP contribution is 2.32. The van der Waals surface area contributed by atoms with Crippen molar-refractivity contribution in [2.24, 2.45) is 11.8 Å². The van der Waals surface area contributed by atoms with Crippen LogP contribution in [0.5, 0.6) is 0 Å². The standard InChI is InChI=1S/C13H24O/c1-9(2)8-13-12(10(3)4)7-6-11(5)14-13/h9,11-13H,3,6-8H2,1-2,4-5H3. The van der Waals surface area contributed by atoms with E-state index in [1.165, 1.54) is 24.8 Å². The Hall–Kier alpha value is -0.300. The van der Waals surface area contributed by atoms with Gasteiger partial charge in [0.05, 0.1) is 12.2 Å². The van der Waals surface area contributed by atoms with Crippen LogP contribution in [-0.2, 0) is 4.74 Å². The molecule has 1 saturated heterocycles. The lowest BCUT2D eigenvalue weighted by Gasteiger charge is -2.36. The second kappa shape index (κ2) is 4.97. The van der Waals surface area contributed by atoms with Crippen molar-refractivity contribution in [3.05, 3.63) is 12.2 Å². The van der Waals surface area contributed by atoms with E-state index in [4.69, 9.17) is 4.74 Å². The van der Waals surface area contributed by atoms with Gasteiger partial charge >= 0.3 is 0 Å². The third kappa shape index (κ3) is 3.13. The molecule has 1 aliphatic heterocycles. The molecule has 0 N–H and O–H groups in total. The molecule has 0 aromatic rings. The summed E-state index contributed by atoms with van der Waals surface area (Å²) in [5, 5.41) is 0. The molecular weight excluding hydrogens is 172 g/mol. The lowest BCUT2D eigenvalue weighted by Crippen LogP contribution is -2.35. The van der Waals surface area contributed by atoms with Gasteiger partial charge in [-0.1, -0.05) is 26.0 Å². The Labute approximate surface area is 88.5 Å². The summed E-state index contributed by atoms with van der Waals surface area (Å²) in [6.45, 7) is 12.9. The Morgan fingerprint density at radius 1 is 1.43 bits per heavy atom. The summed E-state index contributed by atoms with van der Waals surface area (Å²) in [4.78, 5) is 0. The van der Waals surface area contributed by atoms with Crippen molar-refractivity contribution in [1.29, 1.82) is 0 Å². The summed E-state index contributed by atoms with van der Waals surface area (Å²) < 4.78 is 6.01. The molecule has 0 radical (unpaired) electrons. The molecule has 0 aromatic heterocycles. The fourth-order valence-electron chi connectivity index (χ4n) is 2.31. The molecule has 0 bridgehead atoms. The first-order valence-corrected chi connectivity index (χ1v) is 5.81. The van der Waals surface area contributed by atoms with Crippen LogP contribution >= 0.6 is 0 Å². The van der Waals surface area contributed by atoms with E-state index >= 15 is 0 Å². The Kier molecular flexibility index (Phi) is 4.18. The molecule has 0 aromatic carbocycles. The molecule has 1 heterocycles. The second-order valence-electron chi connectivity index (χ2n) is 5.14. The molecule has 3 unspecified atom stereocenters. The first kappa shape index (κ1) is 11.8. The molecule has 1 fully saturated rings. The molecule has 82 valence electrons. The van der Waals surface area contributed by atoms with Crippen molar-refractivity contribution in [2.75, 3.05) is 0 Å². The summed E-state index contributed by atoms with van der Waals surface area (Å²) in [7, 11) is 0. The molecule has 1 aliphatic rings. The molecule has 0 saturated carbocycles. The van der Waals surface area contributed by atoms with Crippen molar-refractivity contribution in [2.45, 2.75) is 59.2 Å². The van der Waals surface area contributed by atoms with Crippen molar-refractivity contribution in [1.82, 2.24) is 0 Å². The molecule has 0 aliphatic carbocycles. The van der Waals surface area contributed by atoms with Crippen LogP contribution in [0.1, 0.15) is 47.0 Å². The van der Waals surface area contributed by atoms with Gasteiger partial charge in [0.25, 0.3) is 0 Å². The Morgan fingerprint density at radius 3 is 2.57 bits per heavy atom. The van der Waals surface area contributed by atoms with Gasteiger partial charge < -0.3 is 4.74 Å². The van der Waals surface area contributed by atoms with Crippen molar-refractivity contribution >= 4 is 0 Å². The van der Waals surface area contributed by atoms with Crippen LogP contribution in [0.3, 0.4) is 0 Å². The quantitative estimate of drug-likeness (QED) is 0.624. The third-order valence-electron chi connectivity index (χ3n) is 3.08. The molecule has 1 heteroatoms. The topological polar surface area (TPSA) is 9.23 Å². The van der Waals surface area contributed by atoms with Gasteiger partial charge in [0.1, 0.15) is 0 Å². The number of hydrogen-bond donors (Lipinski definition) is 0. The average molecular weight is 196 g/mol. The van der Waals surface area contributed by atoms with Crippen molar-refractivity contribution in [3.63, 3.8) is 0 Å². The number of ether oxygens (including phenoxy) is 1. The van der Waals surface area contributed by atoms with Crippen LogP contribution in [0, 0.1) is 11.8 Å². The highest BCUT2D eigenvalue weighted by molar-refractivity contribution is 5.01. The Balaban J connectivity index is 2.59. The first-order valence-electron chi connectivity index (χ1n) is 5.81. The van der Waals surface area contributed by atoms with Gasteiger partial charge in [0.15, 0.2) is 0 Å². The fourth-order valence-corrected chi connectivity index (χ4v) is 2.31. The van der Waals surface area contributed by atoms with Gasteiger partial charge in [0, 0.05) is 5.92 Å². The van der Waals surface area contributed by atoms with E-state index in [9.17, 15) is 0 Å². The van der Waals surface area contributed by atoms with Crippen LogP contribution < -0.4 is 0 Å². The van der Waals surface area contributed by atoms with Crippen LogP contribution in [0.2, 0.25) is 0 Å². The van der Waals surface area contributed by atoms with Crippen molar-refractivity contribution in [3.8, 4) is 0 Å². The zero-order valence-electron chi connectivity index (χ0n) is 10.0. The smallest absolute Gasteiger partial charge is 0.0646 e. The highest BCUT2D eigenvalue weighted by Gasteiger charge is 2.29. The van der Waals surface area contributed by atoms with Crippen molar-refractivity contribution < 1.29 is 4.74 Å². The molecule has 1 rings (SSSR count). The van der Waals surface area contributed by atoms with Gasteiger partial charge in [-0.25, -0.2) is 0 Å². The number of rotatable bonds is 3. The zero-order chi connectivity index (χ0) is 10.7. The van der Waals surface area contributed by atoms with E-state index in [-0.39, 0.29) is 0 Å². The lowest BCUT2D eigenvalue weighted by molar-refractivity contribution is -0.0732. The highest BCUT2D eigenvalue weighted by atomic mass is 16.5. The summed E-state index contributed by atoms with van der Waals surface area (Å²) in [5.41, 5.74) is 1.29. The van der Waals surface area contributed by atoms with Gasteiger partial charge in [-0.05, 0) is 39.0 Å². The van der Waals surface area contributed by atoms with Crippen LogP contribution in [0.4, 0.5) is 0 Å². The van der Waals surface area contributed by atoms with Crippen LogP contribution in [0.15, 0.2) is 12.2 Å². The van der Waals surface area contributed by atoms with E-state index in [1.807, 2.05) is 0 Å². The largest absolute Gasteiger partial charge is 0.375 e. The Bertz CT molecular complexity index is 193. The van der Waals surface area contributed by atoms with Gasteiger partial charge in [-0.15, -0.1) is 0 Å². The summed E-state index contributed by atoms with van der Waals surface area (Å²) in [6, 6.07) is 0. The summed E-state index contributed by atoms with van der Waals surface area (Å²) in [6.07, 6.45) is 4.47. The molecule has 14 heavy (non-hydrogen) atoms. The minimum absolute atomic E-state index is 0.413. The Morgan fingerprint density at radius 2 is 2.07 bits per heavy atom. The predicted octanol–water partition coefficient (Wildman–Crippen LogP) is 3.79. The molecule has 3 atom stereocenters. The minimum Gasteiger partial charge on any atom is -0.375 e. The normalized spacial score (nSPS) is 33.4. The van der Waals surface area contributed by atoms with E-state index in [1.54, 1.807) is 0 Å². The molecule has 0 spiro atoms. The summed E-state index contributed by atoms with van der Waals surface area (Å²) in [5.74, 6) is 1.31. The van der Waals surface area contributed by atoms with E-state index in [2.05, 4.69) is 34.3 Å². The number of hydrogen-bond acceptors (Lipinski definition) is 1. The fraction of sp³-hybridized carbons (Fsp3) is 0.846. The van der Waals surface area contributed by atoms with Gasteiger partial charge in [0.2, 0.25) is 0 Å². The molecular formula is C13H24O. The SMILES string of the molecule is C=C(C)C1CCC(C)OC1CC(C)C. The predicted molar refractivity (Wildman–Crippen MR) is 61.3 cm³/mol. The molecule has 0 amide bonds. The minimum atomic E-state index is 0.413. The zero-order valence-corrected chi connectivity index (χ0v) is 10.0. The second-order valence-corrected chi connectivity index (χ2v) is 5.14. The maximum Gasteiger partial charge on any atom is 0.0646 e. The molecule has 1 nitrogen and oxygen atoms in total. The van der Waals surface area contributed by atoms with Gasteiger partial charge in [-0.2, -0.15) is 0 Å². The van der Waals surface area contributed by atoms with Crippen LogP contribution in [0.25, 0.3) is 0 Å². The van der Waals surface area contributed by atoms with E-state index in [0.29, 0.717) is 24.0 Å². The van der Waals surface area contributed by atoms with Crippen LogP contribution in [-0.4, -0.2) is 12.2 Å². The van der Waals surface area contributed by atoms with E-state index in [0.717, 1.165) is 0 Å². The average Bonchev–Trinajstić information content (AvgIpc) is 2.01. The maximum atomic E-state index is 6.01. The third-order valence-corrected chi connectivity index (χ3v) is 3.08. The summed E-state index contributed by atoms with van der Waals surface area (Å²) >= 11 is 0. The maximum absolute atomic E-state index is 6.01. The van der Waals surface area contributed by atoms with Gasteiger partial charge in [-0.3, -0.25) is 0 Å². The monoisotopic (exact) mass is 196 g/mol. The lowest BCUT2D eigenvalue weighted by atomic mass is 9.83.